The minimum Gasteiger partial charge on any atom is -0.465 e. The molecule has 1 aliphatic heterocycles. The molecule has 1 aliphatic rings. The molecular weight excluding hydrogens is 390 g/mol. The highest BCUT2D eigenvalue weighted by molar-refractivity contribution is 6.30. The summed E-state index contributed by atoms with van der Waals surface area (Å²) in [5.74, 6) is -0.357. The summed E-state index contributed by atoms with van der Waals surface area (Å²) in [7, 11) is 1.36. The fourth-order valence-electron chi connectivity index (χ4n) is 3.29. The van der Waals surface area contributed by atoms with Crippen LogP contribution in [0.2, 0.25) is 5.02 Å². The molecule has 7 heteroatoms. The number of carbonyl (C=O) groups excluding carboxylic acids is 2. The van der Waals surface area contributed by atoms with Gasteiger partial charge in [-0.3, -0.25) is 14.6 Å². The predicted molar refractivity (Wildman–Crippen MR) is 113 cm³/mol. The summed E-state index contributed by atoms with van der Waals surface area (Å²) in [5, 5.41) is 3.70. The Labute approximate surface area is 176 Å². The summed E-state index contributed by atoms with van der Waals surface area (Å²) < 4.78 is 4.68. The molecule has 1 N–H and O–H groups in total. The molecule has 154 valence electrons. The van der Waals surface area contributed by atoms with Gasteiger partial charge in [0.2, 0.25) is 5.91 Å². The van der Waals surface area contributed by atoms with Crippen LogP contribution in [0.25, 0.3) is 0 Å². The van der Waals surface area contributed by atoms with Crippen LogP contribution in [0.4, 0.5) is 0 Å². The van der Waals surface area contributed by atoms with E-state index in [1.807, 2.05) is 24.3 Å². The van der Waals surface area contributed by atoms with Crippen molar-refractivity contribution in [2.75, 3.05) is 39.8 Å². The first kappa shape index (κ1) is 21.3. The van der Waals surface area contributed by atoms with Crippen molar-refractivity contribution in [2.45, 2.75) is 13.1 Å². The standard InChI is InChI=1S/C22H26ClN3O3/c1-29-22(28)19-6-2-17(3-7-19)14-24-21(27)16-26-12-10-25(11-13-26)15-18-4-8-20(23)9-5-18/h2-9H,10-16H2,1H3,(H,24,27). The van der Waals surface area contributed by atoms with Crippen LogP contribution in [0.3, 0.4) is 0 Å². The maximum atomic E-state index is 12.3. The average molecular weight is 416 g/mol. The van der Waals surface area contributed by atoms with Crippen LogP contribution in [0, 0.1) is 0 Å². The number of piperazine rings is 1. The molecule has 0 radical (unpaired) electrons. The van der Waals surface area contributed by atoms with Crippen LogP contribution in [-0.2, 0) is 22.6 Å². The van der Waals surface area contributed by atoms with Gasteiger partial charge in [0, 0.05) is 44.3 Å². The maximum Gasteiger partial charge on any atom is 0.337 e. The van der Waals surface area contributed by atoms with Crippen molar-refractivity contribution < 1.29 is 14.3 Å². The molecule has 0 aromatic heterocycles. The fourth-order valence-corrected chi connectivity index (χ4v) is 3.42. The SMILES string of the molecule is COC(=O)c1ccc(CNC(=O)CN2CCN(Cc3ccc(Cl)cc3)CC2)cc1. The summed E-state index contributed by atoms with van der Waals surface area (Å²) in [6, 6.07) is 15.0. The number of ether oxygens (including phenoxy) is 1. The van der Waals surface area contributed by atoms with Crippen LogP contribution >= 0.6 is 11.6 Å². The number of amides is 1. The lowest BCUT2D eigenvalue weighted by Crippen LogP contribution is -2.49. The van der Waals surface area contributed by atoms with Crippen LogP contribution in [0.5, 0.6) is 0 Å². The topological polar surface area (TPSA) is 61.9 Å². The van der Waals surface area contributed by atoms with Gasteiger partial charge < -0.3 is 10.1 Å². The van der Waals surface area contributed by atoms with E-state index in [9.17, 15) is 9.59 Å². The van der Waals surface area contributed by atoms with Gasteiger partial charge in [0.15, 0.2) is 0 Å². The van der Waals surface area contributed by atoms with Crippen LogP contribution in [-0.4, -0.2) is 61.5 Å². The number of nitrogens with zero attached hydrogens (tertiary/aromatic N) is 2. The second-order valence-electron chi connectivity index (χ2n) is 7.14. The third kappa shape index (κ3) is 6.56. The fraction of sp³-hybridized carbons (Fsp3) is 0.364. The third-order valence-corrected chi connectivity index (χ3v) is 5.27. The zero-order valence-electron chi connectivity index (χ0n) is 16.6. The Balaban J connectivity index is 1.37. The number of nitrogens with one attached hydrogen (secondary N) is 1. The Hall–Kier alpha value is -2.41. The molecule has 0 bridgehead atoms. The van der Waals surface area contributed by atoms with Gasteiger partial charge in [-0.1, -0.05) is 35.9 Å². The van der Waals surface area contributed by atoms with Crippen molar-refractivity contribution in [3.8, 4) is 0 Å². The molecule has 29 heavy (non-hydrogen) atoms. The monoisotopic (exact) mass is 415 g/mol. The highest BCUT2D eigenvalue weighted by Crippen LogP contribution is 2.13. The first-order chi connectivity index (χ1) is 14.0. The number of hydrogen-bond donors (Lipinski definition) is 1. The van der Waals surface area contributed by atoms with E-state index in [4.69, 9.17) is 11.6 Å². The van der Waals surface area contributed by atoms with Gasteiger partial charge in [-0.05, 0) is 35.4 Å². The molecule has 1 amide bonds. The number of halogens is 1. The van der Waals surface area contributed by atoms with Crippen molar-refractivity contribution >= 4 is 23.5 Å². The van der Waals surface area contributed by atoms with E-state index in [1.54, 1.807) is 12.1 Å². The molecule has 0 saturated carbocycles. The quantitative estimate of drug-likeness (QED) is 0.704. The highest BCUT2D eigenvalue weighted by Gasteiger charge is 2.19. The zero-order chi connectivity index (χ0) is 20.6. The summed E-state index contributed by atoms with van der Waals surface area (Å²) in [5.41, 5.74) is 2.69. The molecule has 0 unspecified atom stereocenters. The predicted octanol–water partition coefficient (Wildman–Crippen LogP) is 2.56. The normalized spacial score (nSPS) is 15.1. The molecule has 0 aliphatic carbocycles. The Kier molecular flexibility index (Phi) is 7.63. The van der Waals surface area contributed by atoms with E-state index in [2.05, 4.69) is 32.0 Å². The smallest absolute Gasteiger partial charge is 0.337 e. The van der Waals surface area contributed by atoms with Gasteiger partial charge in [0.1, 0.15) is 0 Å². The van der Waals surface area contributed by atoms with Gasteiger partial charge in [0.25, 0.3) is 0 Å². The van der Waals surface area contributed by atoms with E-state index in [-0.39, 0.29) is 11.9 Å². The van der Waals surface area contributed by atoms with Crippen molar-refractivity contribution in [1.29, 1.82) is 0 Å². The molecule has 0 atom stereocenters. The molecule has 1 saturated heterocycles. The van der Waals surface area contributed by atoms with Crippen molar-refractivity contribution in [3.05, 3.63) is 70.2 Å². The van der Waals surface area contributed by atoms with E-state index in [0.29, 0.717) is 18.7 Å². The molecular formula is C22H26ClN3O3. The van der Waals surface area contributed by atoms with Crippen LogP contribution < -0.4 is 5.32 Å². The summed E-state index contributed by atoms with van der Waals surface area (Å²) in [6.45, 7) is 5.35. The highest BCUT2D eigenvalue weighted by atomic mass is 35.5. The Morgan fingerprint density at radius 1 is 0.931 bits per heavy atom. The van der Waals surface area contributed by atoms with Gasteiger partial charge in [0.05, 0.1) is 19.2 Å². The summed E-state index contributed by atoms with van der Waals surface area (Å²) in [4.78, 5) is 28.3. The van der Waals surface area contributed by atoms with E-state index in [1.165, 1.54) is 12.7 Å². The lowest BCUT2D eigenvalue weighted by molar-refractivity contribution is -0.122. The minimum atomic E-state index is -0.365. The summed E-state index contributed by atoms with van der Waals surface area (Å²) >= 11 is 5.94. The first-order valence-corrected chi connectivity index (χ1v) is 10.0. The molecule has 2 aromatic carbocycles. The summed E-state index contributed by atoms with van der Waals surface area (Å²) in [6.07, 6.45) is 0. The van der Waals surface area contributed by atoms with E-state index < -0.39 is 0 Å². The van der Waals surface area contributed by atoms with Gasteiger partial charge in [-0.2, -0.15) is 0 Å². The Morgan fingerprint density at radius 2 is 1.52 bits per heavy atom. The number of benzene rings is 2. The van der Waals surface area contributed by atoms with Crippen molar-refractivity contribution in [2.24, 2.45) is 0 Å². The van der Waals surface area contributed by atoms with Crippen LogP contribution in [0.1, 0.15) is 21.5 Å². The number of esters is 1. The molecule has 2 aromatic rings. The Morgan fingerprint density at radius 3 is 2.14 bits per heavy atom. The van der Waals surface area contributed by atoms with Gasteiger partial charge in [-0.25, -0.2) is 4.79 Å². The number of methoxy groups -OCH3 is 1. The third-order valence-electron chi connectivity index (χ3n) is 5.02. The minimum absolute atomic E-state index is 0.00759. The second-order valence-corrected chi connectivity index (χ2v) is 7.58. The molecule has 3 rings (SSSR count). The first-order valence-electron chi connectivity index (χ1n) is 9.66. The lowest BCUT2D eigenvalue weighted by atomic mass is 10.1. The largest absolute Gasteiger partial charge is 0.465 e. The number of rotatable bonds is 7. The van der Waals surface area contributed by atoms with Crippen LogP contribution in [0.15, 0.2) is 48.5 Å². The average Bonchev–Trinajstić information content (AvgIpc) is 2.75. The van der Waals surface area contributed by atoms with E-state index >= 15 is 0 Å². The van der Waals surface area contributed by atoms with Gasteiger partial charge in [-0.15, -0.1) is 0 Å². The zero-order valence-corrected chi connectivity index (χ0v) is 17.3. The number of carbonyl (C=O) groups is 2. The number of hydrogen-bond acceptors (Lipinski definition) is 5. The molecule has 0 spiro atoms. The van der Waals surface area contributed by atoms with Crippen molar-refractivity contribution in [3.63, 3.8) is 0 Å². The molecule has 6 nitrogen and oxygen atoms in total. The van der Waals surface area contributed by atoms with E-state index in [0.717, 1.165) is 43.3 Å². The second kappa shape index (κ2) is 10.4. The Bertz CT molecular complexity index is 816. The molecule has 1 fully saturated rings. The van der Waals surface area contributed by atoms with Crippen molar-refractivity contribution in [1.82, 2.24) is 15.1 Å². The molecule has 1 heterocycles. The maximum absolute atomic E-state index is 12.3. The lowest BCUT2D eigenvalue weighted by Gasteiger charge is -2.34. The van der Waals surface area contributed by atoms with Gasteiger partial charge >= 0.3 is 5.97 Å².